The molecule has 0 unspecified atom stereocenters. The van der Waals surface area contributed by atoms with Crippen molar-refractivity contribution in [3.05, 3.63) is 79.9 Å². The molecule has 0 atom stereocenters. The SMILES string of the molecule is CC(=O)N1CCC2=C(C1)C(Nc1ccc(Br)cc1)=NC2.CC(=O)N1CCc2c(c(Nc3ccc(Br)cc3)nn2C)C1. The van der Waals surface area contributed by atoms with Crippen molar-refractivity contribution in [2.24, 2.45) is 12.0 Å². The quantitative estimate of drug-likeness (QED) is 0.372. The molecule has 0 saturated carbocycles. The van der Waals surface area contributed by atoms with Gasteiger partial charge in [-0.25, -0.2) is 0 Å². The van der Waals surface area contributed by atoms with Gasteiger partial charge in [0.15, 0.2) is 5.82 Å². The first-order valence-electron chi connectivity index (χ1n) is 13.5. The molecule has 2 amide bonds. The Labute approximate surface area is 256 Å². The monoisotopic (exact) mass is 681 g/mol. The second-order valence-electron chi connectivity index (χ2n) is 10.3. The van der Waals surface area contributed by atoms with Crippen molar-refractivity contribution in [2.75, 3.05) is 36.8 Å². The largest absolute Gasteiger partial charge is 0.340 e. The number of fused-ring (bicyclic) bond motifs is 1. The molecule has 0 fully saturated rings. The van der Waals surface area contributed by atoms with Gasteiger partial charge in [-0.1, -0.05) is 31.9 Å². The van der Waals surface area contributed by atoms with Gasteiger partial charge in [0.25, 0.3) is 0 Å². The van der Waals surface area contributed by atoms with Gasteiger partial charge in [-0.3, -0.25) is 19.3 Å². The van der Waals surface area contributed by atoms with E-state index in [-0.39, 0.29) is 11.8 Å². The Balaban J connectivity index is 0.000000165. The maximum atomic E-state index is 11.6. The molecule has 11 heteroatoms. The minimum Gasteiger partial charge on any atom is -0.340 e. The maximum Gasteiger partial charge on any atom is 0.219 e. The van der Waals surface area contributed by atoms with E-state index in [9.17, 15) is 9.59 Å². The Kier molecular flexibility index (Phi) is 8.94. The van der Waals surface area contributed by atoms with E-state index in [1.807, 2.05) is 70.1 Å². The number of anilines is 3. The van der Waals surface area contributed by atoms with Gasteiger partial charge in [-0.05, 0) is 60.5 Å². The first kappa shape index (κ1) is 29.1. The van der Waals surface area contributed by atoms with Crippen molar-refractivity contribution in [1.82, 2.24) is 19.6 Å². The molecular formula is C30H33Br2N7O2. The number of amidine groups is 1. The highest BCUT2D eigenvalue weighted by molar-refractivity contribution is 9.10. The second kappa shape index (κ2) is 12.6. The molecule has 2 N–H and O–H groups in total. The highest BCUT2D eigenvalue weighted by Crippen LogP contribution is 2.29. The zero-order valence-electron chi connectivity index (χ0n) is 23.4. The van der Waals surface area contributed by atoms with Crippen LogP contribution in [0, 0.1) is 0 Å². The molecule has 0 bridgehead atoms. The average Bonchev–Trinajstić information content (AvgIpc) is 3.50. The van der Waals surface area contributed by atoms with E-state index in [1.54, 1.807) is 13.8 Å². The number of aromatic nitrogens is 2. The van der Waals surface area contributed by atoms with E-state index >= 15 is 0 Å². The third-order valence-corrected chi connectivity index (χ3v) is 8.58. The minimum atomic E-state index is 0.110. The smallest absolute Gasteiger partial charge is 0.219 e. The molecule has 1 aromatic heterocycles. The molecule has 9 nitrogen and oxygen atoms in total. The van der Waals surface area contributed by atoms with E-state index in [0.29, 0.717) is 13.1 Å². The summed E-state index contributed by atoms with van der Waals surface area (Å²) >= 11 is 6.85. The summed E-state index contributed by atoms with van der Waals surface area (Å²) in [6, 6.07) is 16.0. The van der Waals surface area contributed by atoms with Crippen LogP contribution in [0.25, 0.3) is 0 Å². The number of halogens is 2. The normalized spacial score (nSPS) is 15.9. The van der Waals surface area contributed by atoms with Crippen molar-refractivity contribution < 1.29 is 9.59 Å². The number of carbonyl (C=O) groups is 2. The highest BCUT2D eigenvalue weighted by Gasteiger charge is 2.27. The van der Waals surface area contributed by atoms with Crippen LogP contribution in [0.15, 0.2) is 73.6 Å². The predicted octanol–water partition coefficient (Wildman–Crippen LogP) is 5.65. The zero-order chi connectivity index (χ0) is 29.1. The molecule has 4 heterocycles. The molecule has 0 saturated heterocycles. The van der Waals surface area contributed by atoms with Crippen molar-refractivity contribution in [3.8, 4) is 0 Å². The number of hydrogen-bond donors (Lipinski definition) is 2. The van der Waals surface area contributed by atoms with Gasteiger partial charge >= 0.3 is 0 Å². The minimum absolute atomic E-state index is 0.110. The Morgan fingerprint density at radius 3 is 1.98 bits per heavy atom. The fourth-order valence-electron chi connectivity index (χ4n) is 5.17. The summed E-state index contributed by atoms with van der Waals surface area (Å²) in [6.45, 7) is 6.88. The van der Waals surface area contributed by atoms with Crippen molar-refractivity contribution >= 4 is 66.7 Å². The predicted molar refractivity (Wildman–Crippen MR) is 169 cm³/mol. The van der Waals surface area contributed by atoms with Gasteiger partial charge in [-0.15, -0.1) is 0 Å². The lowest BCUT2D eigenvalue weighted by Gasteiger charge is -2.27. The van der Waals surface area contributed by atoms with Crippen LogP contribution in [0.4, 0.5) is 17.2 Å². The molecule has 6 rings (SSSR count). The van der Waals surface area contributed by atoms with Crippen LogP contribution >= 0.6 is 31.9 Å². The summed E-state index contributed by atoms with van der Waals surface area (Å²) in [5, 5.41) is 11.3. The standard InChI is InChI=1S/C15H17BrN4O.C15H16BrN3O/c1-10(21)20-8-7-14-13(9-20)15(18-19(14)2)17-12-5-3-11(16)4-6-12;1-10(20)19-7-6-11-8-17-15(14(11)9-19)18-13-4-2-12(16)3-5-13/h3-6H,7-9H2,1-2H3,(H,17,18);2-5H,6-9H2,1H3,(H,17,18). The average molecular weight is 683 g/mol. The lowest BCUT2D eigenvalue weighted by molar-refractivity contribution is -0.130. The Bertz CT molecular complexity index is 1510. The van der Waals surface area contributed by atoms with Gasteiger partial charge in [0.05, 0.1) is 13.1 Å². The third-order valence-electron chi connectivity index (χ3n) is 7.52. The van der Waals surface area contributed by atoms with Crippen LogP contribution in [0.5, 0.6) is 0 Å². The fraction of sp³-hybridized carbons (Fsp3) is 0.333. The Hall–Kier alpha value is -3.44. The van der Waals surface area contributed by atoms with Crippen LogP contribution < -0.4 is 10.6 Å². The molecule has 3 aliphatic heterocycles. The summed E-state index contributed by atoms with van der Waals surface area (Å²) in [7, 11) is 1.95. The molecule has 41 heavy (non-hydrogen) atoms. The summed E-state index contributed by atoms with van der Waals surface area (Å²) in [6.07, 6.45) is 1.78. The van der Waals surface area contributed by atoms with Crippen molar-refractivity contribution in [2.45, 2.75) is 33.2 Å². The lowest BCUT2D eigenvalue weighted by atomic mass is 10.0. The first-order valence-corrected chi connectivity index (χ1v) is 15.1. The van der Waals surface area contributed by atoms with Crippen LogP contribution in [0.2, 0.25) is 0 Å². The molecule has 3 aromatic rings. The lowest BCUT2D eigenvalue weighted by Crippen LogP contribution is -2.37. The number of rotatable bonds is 3. The Morgan fingerprint density at radius 1 is 0.805 bits per heavy atom. The van der Waals surface area contributed by atoms with Gasteiger partial charge in [0, 0.05) is 84.1 Å². The van der Waals surface area contributed by atoms with E-state index < -0.39 is 0 Å². The van der Waals surface area contributed by atoms with Gasteiger partial charge in [0.1, 0.15) is 5.84 Å². The van der Waals surface area contributed by atoms with E-state index in [4.69, 9.17) is 0 Å². The molecule has 0 aliphatic carbocycles. The molecule has 214 valence electrons. The van der Waals surface area contributed by atoms with Gasteiger partial charge in [-0.2, -0.15) is 5.10 Å². The summed E-state index contributed by atoms with van der Waals surface area (Å²) in [5.41, 5.74) is 6.87. The van der Waals surface area contributed by atoms with Gasteiger partial charge < -0.3 is 20.4 Å². The van der Waals surface area contributed by atoms with E-state index in [2.05, 4.69) is 52.6 Å². The second-order valence-corrected chi connectivity index (χ2v) is 12.1. The molecule has 2 aromatic carbocycles. The maximum absolute atomic E-state index is 11.6. The van der Waals surface area contributed by atoms with E-state index in [1.165, 1.54) is 16.8 Å². The zero-order valence-corrected chi connectivity index (χ0v) is 26.5. The van der Waals surface area contributed by atoms with Crippen molar-refractivity contribution in [3.63, 3.8) is 0 Å². The fourth-order valence-corrected chi connectivity index (χ4v) is 5.70. The highest BCUT2D eigenvalue weighted by atomic mass is 79.9. The molecule has 3 aliphatic rings. The molecular weight excluding hydrogens is 650 g/mol. The number of hydrogen-bond acceptors (Lipinski definition) is 6. The Morgan fingerprint density at radius 2 is 1.37 bits per heavy atom. The number of carbonyl (C=O) groups excluding carboxylic acids is 2. The van der Waals surface area contributed by atoms with E-state index in [0.717, 1.165) is 70.0 Å². The number of nitrogens with one attached hydrogen (secondary N) is 2. The third kappa shape index (κ3) is 6.90. The number of nitrogens with zero attached hydrogens (tertiary/aromatic N) is 5. The van der Waals surface area contributed by atoms with Gasteiger partial charge in [0.2, 0.25) is 11.8 Å². The first-order chi connectivity index (χ1) is 19.7. The summed E-state index contributed by atoms with van der Waals surface area (Å²) in [5.74, 6) is 1.99. The number of aliphatic imine (C=N–C) groups is 1. The summed E-state index contributed by atoms with van der Waals surface area (Å²) < 4.78 is 4.00. The number of aryl methyl sites for hydroxylation is 1. The van der Waals surface area contributed by atoms with Crippen LogP contribution in [0.3, 0.4) is 0 Å². The van der Waals surface area contributed by atoms with Crippen LogP contribution in [-0.2, 0) is 29.6 Å². The molecule has 0 spiro atoms. The topological polar surface area (TPSA) is 94.9 Å². The molecule has 0 radical (unpaired) electrons. The van der Waals surface area contributed by atoms with Crippen LogP contribution in [0.1, 0.15) is 31.5 Å². The number of amides is 2. The number of benzene rings is 2. The summed E-state index contributed by atoms with van der Waals surface area (Å²) in [4.78, 5) is 31.4. The van der Waals surface area contributed by atoms with Crippen molar-refractivity contribution in [1.29, 1.82) is 0 Å². The van der Waals surface area contributed by atoms with Crippen LogP contribution in [-0.4, -0.2) is 63.4 Å².